The zero-order chi connectivity index (χ0) is 34.7. The van der Waals surface area contributed by atoms with Crippen LogP contribution in [0.2, 0.25) is 5.02 Å². The molecule has 4 N–H and O–H groups in total. The standard InChI is InChI=1S/C35H44ClF3N6O4/c36-28-20-22(19-27(31(28)46)35(37,38)39)21-30(32(47)43-14-7-24(8-15-43)23-5-12-40-13-6-23)42-33(48)44-16-10-26(11-17-44)45-18-9-25-3-1-2-4-29(25)41-34(45)49/h1-4,19-20,23-24,26,30,40,46H,5-18,21H2,(H,41,49)(H,42,48)/t30-/m1/s1. The fraction of sp³-hybridized carbons (Fsp3) is 0.571. The number of piperidine rings is 3. The summed E-state index contributed by atoms with van der Waals surface area (Å²) in [5.74, 6) is -0.320. The fourth-order valence-corrected chi connectivity index (χ4v) is 8.15. The minimum absolute atomic E-state index is 0.0723. The van der Waals surface area contributed by atoms with E-state index in [9.17, 15) is 32.7 Å². The normalized spacial score (nSPS) is 20.7. The second kappa shape index (κ2) is 15.0. The number of carbonyl (C=O) groups excluding carboxylic acids is 3. The smallest absolute Gasteiger partial charge is 0.420 e. The van der Waals surface area contributed by atoms with Crippen LogP contribution in [0.4, 0.5) is 28.4 Å². The van der Waals surface area contributed by atoms with E-state index in [4.69, 9.17) is 11.6 Å². The minimum Gasteiger partial charge on any atom is -0.506 e. The number of benzene rings is 2. The van der Waals surface area contributed by atoms with Crippen LogP contribution < -0.4 is 16.0 Å². The topological polar surface area (TPSA) is 117 Å². The summed E-state index contributed by atoms with van der Waals surface area (Å²) in [4.78, 5) is 45.8. The van der Waals surface area contributed by atoms with Gasteiger partial charge in [-0.2, -0.15) is 13.2 Å². The molecule has 0 aliphatic carbocycles. The monoisotopic (exact) mass is 704 g/mol. The number of phenols is 1. The Morgan fingerprint density at radius 2 is 1.59 bits per heavy atom. The number of para-hydroxylation sites is 1. The van der Waals surface area contributed by atoms with E-state index in [0.29, 0.717) is 63.8 Å². The van der Waals surface area contributed by atoms with E-state index >= 15 is 0 Å². The molecule has 1 atom stereocenters. The fourth-order valence-electron chi connectivity index (χ4n) is 7.91. The number of nitrogens with one attached hydrogen (secondary N) is 3. The minimum atomic E-state index is -4.86. The molecule has 10 nitrogen and oxygen atoms in total. The van der Waals surface area contributed by atoms with E-state index in [0.717, 1.165) is 56.1 Å². The summed E-state index contributed by atoms with van der Waals surface area (Å²) in [5.41, 5.74) is 0.650. The highest BCUT2D eigenvalue weighted by molar-refractivity contribution is 6.32. The predicted octanol–water partition coefficient (Wildman–Crippen LogP) is 5.48. The highest BCUT2D eigenvalue weighted by atomic mass is 35.5. The zero-order valence-corrected chi connectivity index (χ0v) is 28.2. The van der Waals surface area contributed by atoms with E-state index in [1.54, 1.807) is 9.80 Å². The van der Waals surface area contributed by atoms with E-state index in [1.807, 2.05) is 29.2 Å². The van der Waals surface area contributed by atoms with Gasteiger partial charge in [0.05, 0.1) is 10.6 Å². The summed E-state index contributed by atoms with van der Waals surface area (Å²) in [7, 11) is 0. The molecule has 2 aromatic carbocycles. The van der Waals surface area contributed by atoms with E-state index in [1.165, 1.54) is 6.07 Å². The number of halogens is 4. The summed E-state index contributed by atoms with van der Waals surface area (Å²) in [6, 6.07) is 7.82. The van der Waals surface area contributed by atoms with Crippen LogP contribution in [-0.2, 0) is 23.8 Å². The molecule has 0 spiro atoms. The third-order valence-corrected chi connectivity index (χ3v) is 11.0. The number of hydrogen-bond acceptors (Lipinski definition) is 5. The van der Waals surface area contributed by atoms with Gasteiger partial charge in [0.25, 0.3) is 0 Å². The van der Waals surface area contributed by atoms with Gasteiger partial charge in [0.15, 0.2) is 0 Å². The van der Waals surface area contributed by atoms with Gasteiger partial charge in [0.2, 0.25) is 5.91 Å². The van der Waals surface area contributed by atoms with Crippen LogP contribution in [0, 0.1) is 11.8 Å². The number of amides is 5. The average molecular weight is 705 g/mol. The molecule has 4 aliphatic heterocycles. The van der Waals surface area contributed by atoms with Crippen molar-refractivity contribution in [3.63, 3.8) is 0 Å². The first kappa shape index (κ1) is 35.1. The van der Waals surface area contributed by atoms with Gasteiger partial charge in [-0.3, -0.25) is 4.79 Å². The number of likely N-dealkylation sites (tertiary alicyclic amines) is 2. The van der Waals surface area contributed by atoms with Crippen LogP contribution in [-0.4, -0.2) is 95.7 Å². The van der Waals surface area contributed by atoms with E-state index < -0.39 is 34.6 Å². The Bertz CT molecular complexity index is 1520. The first-order chi connectivity index (χ1) is 23.5. The number of alkyl halides is 3. The highest BCUT2D eigenvalue weighted by Crippen LogP contribution is 2.40. The molecule has 14 heteroatoms. The Kier molecular flexibility index (Phi) is 10.8. The number of hydrogen-bond donors (Lipinski definition) is 4. The number of phenolic OH excluding ortho intramolecular Hbond substituents is 1. The van der Waals surface area contributed by atoms with Crippen molar-refractivity contribution >= 4 is 35.3 Å². The highest BCUT2D eigenvalue weighted by Gasteiger charge is 2.38. The molecular weight excluding hydrogens is 661 g/mol. The second-order valence-corrected chi connectivity index (χ2v) is 14.1. The largest absolute Gasteiger partial charge is 0.506 e. The lowest BCUT2D eigenvalue weighted by atomic mass is 9.79. The maximum Gasteiger partial charge on any atom is 0.420 e. The van der Waals surface area contributed by atoms with Crippen molar-refractivity contribution in [2.45, 2.75) is 69.6 Å². The SMILES string of the molecule is O=C(N[C@H](Cc1cc(Cl)c(O)c(C(F)(F)F)c1)C(=O)N1CCC(C2CCNCC2)CC1)N1CCC(N2CCc3ccccc3NC2=O)CC1. The van der Waals surface area contributed by atoms with Crippen molar-refractivity contribution in [2.24, 2.45) is 11.8 Å². The second-order valence-electron chi connectivity index (χ2n) is 13.7. The first-order valence-corrected chi connectivity index (χ1v) is 17.6. The number of anilines is 1. The summed E-state index contributed by atoms with van der Waals surface area (Å²) >= 11 is 6.00. The quantitative estimate of drug-likeness (QED) is 0.318. The zero-order valence-electron chi connectivity index (χ0n) is 27.4. The molecule has 2 aromatic rings. The molecule has 3 fully saturated rings. The molecule has 4 heterocycles. The molecule has 266 valence electrons. The van der Waals surface area contributed by atoms with Gasteiger partial charge in [0, 0.05) is 50.9 Å². The molecule has 49 heavy (non-hydrogen) atoms. The van der Waals surface area contributed by atoms with Gasteiger partial charge in [-0.05, 0) is 99.2 Å². The van der Waals surface area contributed by atoms with Gasteiger partial charge in [-0.15, -0.1) is 0 Å². The molecule has 6 rings (SSSR count). The van der Waals surface area contributed by atoms with Crippen LogP contribution in [0.15, 0.2) is 36.4 Å². The number of carbonyl (C=O) groups is 3. The lowest BCUT2D eigenvalue weighted by Gasteiger charge is -2.40. The van der Waals surface area contributed by atoms with Gasteiger partial charge in [-0.25, -0.2) is 9.59 Å². The number of nitrogens with zero attached hydrogens (tertiary/aromatic N) is 3. The summed E-state index contributed by atoms with van der Waals surface area (Å²) in [6.07, 6.45) is 0.594. The molecule has 3 saturated heterocycles. The molecule has 0 saturated carbocycles. The van der Waals surface area contributed by atoms with Crippen molar-refractivity contribution in [1.29, 1.82) is 0 Å². The van der Waals surface area contributed by atoms with Crippen molar-refractivity contribution in [3.05, 3.63) is 58.1 Å². The van der Waals surface area contributed by atoms with Crippen LogP contribution in [0.5, 0.6) is 5.75 Å². The molecule has 0 bridgehead atoms. The van der Waals surface area contributed by atoms with Crippen LogP contribution in [0.1, 0.15) is 55.2 Å². The Morgan fingerprint density at radius 3 is 2.29 bits per heavy atom. The predicted molar refractivity (Wildman–Crippen MR) is 180 cm³/mol. The summed E-state index contributed by atoms with van der Waals surface area (Å²) in [5, 5.41) is 18.7. The summed E-state index contributed by atoms with van der Waals surface area (Å²) in [6.45, 7) is 4.25. The third-order valence-electron chi connectivity index (χ3n) is 10.7. The average Bonchev–Trinajstić information content (AvgIpc) is 3.27. The summed E-state index contributed by atoms with van der Waals surface area (Å²) < 4.78 is 41.2. The van der Waals surface area contributed by atoms with Crippen molar-refractivity contribution < 1.29 is 32.7 Å². The van der Waals surface area contributed by atoms with Crippen molar-refractivity contribution in [1.82, 2.24) is 25.3 Å². The molecule has 4 aliphatic rings. The van der Waals surface area contributed by atoms with Crippen LogP contribution in [0.3, 0.4) is 0 Å². The Labute approximate surface area is 289 Å². The molecule has 0 aromatic heterocycles. The van der Waals surface area contributed by atoms with Crippen LogP contribution in [0.25, 0.3) is 0 Å². The van der Waals surface area contributed by atoms with Gasteiger partial charge in [0.1, 0.15) is 11.8 Å². The van der Waals surface area contributed by atoms with Crippen LogP contribution >= 0.6 is 11.6 Å². The Morgan fingerprint density at radius 1 is 0.939 bits per heavy atom. The maximum absolute atomic E-state index is 14.0. The van der Waals surface area contributed by atoms with E-state index in [-0.39, 0.29) is 30.0 Å². The third kappa shape index (κ3) is 8.20. The van der Waals surface area contributed by atoms with Crippen molar-refractivity contribution in [2.75, 3.05) is 51.1 Å². The lowest BCUT2D eigenvalue weighted by Crippen LogP contribution is -2.57. The number of fused-ring (bicyclic) bond motifs is 1. The number of urea groups is 2. The Hall–Kier alpha value is -3.71. The molecule has 0 radical (unpaired) electrons. The number of rotatable bonds is 6. The van der Waals surface area contributed by atoms with Gasteiger partial charge < -0.3 is 35.8 Å². The molecule has 0 unspecified atom stereocenters. The Balaban J connectivity index is 1.12. The van der Waals surface area contributed by atoms with Gasteiger partial charge in [-0.1, -0.05) is 29.8 Å². The lowest BCUT2D eigenvalue weighted by molar-refractivity contribution is -0.138. The number of aromatic hydroxyl groups is 1. The molecular formula is C35H44ClF3N6O4. The van der Waals surface area contributed by atoms with E-state index in [2.05, 4.69) is 16.0 Å². The van der Waals surface area contributed by atoms with Crippen molar-refractivity contribution in [3.8, 4) is 5.75 Å². The molecule has 5 amide bonds. The first-order valence-electron chi connectivity index (χ1n) is 17.3. The maximum atomic E-state index is 14.0. The van der Waals surface area contributed by atoms with Gasteiger partial charge >= 0.3 is 18.2 Å².